The molecule has 0 radical (unpaired) electrons. The first-order valence-electron chi connectivity index (χ1n) is 8.24. The number of carbonyl (C=O) groups excluding carboxylic acids is 1. The minimum absolute atomic E-state index is 0.0795. The lowest BCUT2D eigenvalue weighted by Gasteiger charge is -2.17. The van der Waals surface area contributed by atoms with Gasteiger partial charge in [-0.15, -0.1) is 0 Å². The molecule has 26 heavy (non-hydrogen) atoms. The van der Waals surface area contributed by atoms with E-state index >= 15 is 0 Å². The molecule has 2 N–H and O–H groups in total. The van der Waals surface area contributed by atoms with Gasteiger partial charge >= 0.3 is 5.97 Å². The summed E-state index contributed by atoms with van der Waals surface area (Å²) in [6, 6.07) is 11.7. The summed E-state index contributed by atoms with van der Waals surface area (Å²) in [6.45, 7) is 0.346. The minimum Gasteiger partial charge on any atom is -0.481 e. The van der Waals surface area contributed by atoms with Gasteiger partial charge in [-0.05, 0) is 17.7 Å². The zero-order chi connectivity index (χ0) is 18.3. The van der Waals surface area contributed by atoms with Gasteiger partial charge in [-0.25, -0.2) is 9.37 Å². The van der Waals surface area contributed by atoms with Crippen molar-refractivity contribution in [2.24, 2.45) is 5.92 Å². The van der Waals surface area contributed by atoms with Gasteiger partial charge in [0, 0.05) is 19.0 Å². The lowest BCUT2D eigenvalue weighted by molar-refractivity contribution is -0.141. The van der Waals surface area contributed by atoms with Crippen molar-refractivity contribution in [1.82, 2.24) is 14.9 Å². The molecule has 1 fully saturated rings. The number of amides is 1. The Morgan fingerprint density at radius 1 is 1.19 bits per heavy atom. The average molecular weight is 353 g/mol. The van der Waals surface area contributed by atoms with Crippen LogP contribution >= 0.6 is 0 Å². The Hall–Kier alpha value is -3.22. The third-order valence-electron chi connectivity index (χ3n) is 4.87. The summed E-state index contributed by atoms with van der Waals surface area (Å²) in [4.78, 5) is 33.0. The summed E-state index contributed by atoms with van der Waals surface area (Å²) in [5.41, 5.74) is 1.83. The van der Waals surface area contributed by atoms with Gasteiger partial charge in [0.25, 0.3) is 5.91 Å². The number of H-pyrrole nitrogens is 1. The second kappa shape index (κ2) is 6.25. The van der Waals surface area contributed by atoms with Crippen molar-refractivity contribution < 1.29 is 19.1 Å². The minimum atomic E-state index is -0.946. The molecule has 4 rings (SSSR count). The van der Waals surface area contributed by atoms with Crippen LogP contribution < -0.4 is 0 Å². The highest BCUT2D eigenvalue weighted by Crippen LogP contribution is 2.34. The van der Waals surface area contributed by atoms with E-state index in [-0.39, 0.29) is 24.6 Å². The quantitative estimate of drug-likeness (QED) is 0.758. The van der Waals surface area contributed by atoms with Crippen LogP contribution in [0.3, 0.4) is 0 Å². The third kappa shape index (κ3) is 2.71. The molecule has 1 aliphatic heterocycles. The maximum Gasteiger partial charge on any atom is 0.308 e. The van der Waals surface area contributed by atoms with Gasteiger partial charge in [0.05, 0.1) is 23.3 Å². The van der Waals surface area contributed by atoms with E-state index in [0.717, 1.165) is 11.6 Å². The second-order valence-corrected chi connectivity index (χ2v) is 6.42. The van der Waals surface area contributed by atoms with Crippen LogP contribution in [-0.2, 0) is 4.79 Å². The number of aliphatic carboxylic acids is 1. The zero-order valence-corrected chi connectivity index (χ0v) is 13.7. The van der Waals surface area contributed by atoms with Gasteiger partial charge < -0.3 is 15.0 Å². The van der Waals surface area contributed by atoms with E-state index < -0.39 is 23.6 Å². The lowest BCUT2D eigenvalue weighted by atomic mass is 9.89. The van der Waals surface area contributed by atoms with E-state index in [1.165, 1.54) is 17.3 Å². The Morgan fingerprint density at radius 2 is 1.96 bits per heavy atom. The van der Waals surface area contributed by atoms with Gasteiger partial charge in [-0.3, -0.25) is 9.59 Å². The number of nitrogens with zero attached hydrogens (tertiary/aromatic N) is 2. The van der Waals surface area contributed by atoms with Crippen molar-refractivity contribution in [2.45, 2.75) is 5.92 Å². The fourth-order valence-electron chi connectivity index (χ4n) is 3.61. The number of hydrogen-bond donors (Lipinski definition) is 2. The monoisotopic (exact) mass is 353 g/mol. The Kier molecular flexibility index (Phi) is 3.91. The fraction of sp³-hybridized carbons (Fsp3) is 0.211. The maximum absolute atomic E-state index is 13.9. The number of hydrogen-bond acceptors (Lipinski definition) is 3. The van der Waals surface area contributed by atoms with Gasteiger partial charge in [-0.2, -0.15) is 0 Å². The summed E-state index contributed by atoms with van der Waals surface area (Å²) >= 11 is 0. The first-order chi connectivity index (χ1) is 12.5. The highest BCUT2D eigenvalue weighted by atomic mass is 19.1. The molecule has 0 aliphatic carbocycles. The molecule has 0 spiro atoms. The van der Waals surface area contributed by atoms with Crippen molar-refractivity contribution in [1.29, 1.82) is 0 Å². The third-order valence-corrected chi connectivity index (χ3v) is 4.87. The van der Waals surface area contributed by atoms with E-state index in [9.17, 15) is 19.1 Å². The van der Waals surface area contributed by atoms with E-state index in [2.05, 4.69) is 9.97 Å². The molecule has 0 saturated carbocycles. The van der Waals surface area contributed by atoms with Crippen molar-refractivity contribution in [3.8, 4) is 0 Å². The topological polar surface area (TPSA) is 86.3 Å². The van der Waals surface area contributed by atoms with E-state index in [4.69, 9.17) is 0 Å². The van der Waals surface area contributed by atoms with Crippen LogP contribution in [-0.4, -0.2) is 44.9 Å². The van der Waals surface area contributed by atoms with Crippen LogP contribution in [0.5, 0.6) is 0 Å². The molecule has 1 aromatic heterocycles. The average Bonchev–Trinajstić information content (AvgIpc) is 3.28. The van der Waals surface area contributed by atoms with Crippen LogP contribution in [0.1, 0.15) is 21.8 Å². The molecule has 0 unspecified atom stereocenters. The number of halogens is 1. The molecular formula is C19H16FN3O3. The fourth-order valence-corrected chi connectivity index (χ4v) is 3.61. The maximum atomic E-state index is 13.9. The molecule has 2 heterocycles. The van der Waals surface area contributed by atoms with Gasteiger partial charge in [0.2, 0.25) is 0 Å². The Bertz CT molecular complexity index is 986. The van der Waals surface area contributed by atoms with Crippen LogP contribution in [0, 0.1) is 11.7 Å². The number of carboxylic acid groups (broad SMARTS) is 1. The number of likely N-dealkylation sites (tertiary alicyclic amines) is 1. The molecule has 0 bridgehead atoms. The number of imidazole rings is 1. The normalized spacial score (nSPS) is 19.8. The first-order valence-corrected chi connectivity index (χ1v) is 8.24. The van der Waals surface area contributed by atoms with Crippen LogP contribution in [0.4, 0.5) is 4.39 Å². The number of aromatic amines is 1. The van der Waals surface area contributed by atoms with Crippen LogP contribution in [0.2, 0.25) is 0 Å². The summed E-state index contributed by atoms with van der Waals surface area (Å²) in [6.07, 6.45) is 1.40. The van der Waals surface area contributed by atoms with E-state index in [1.54, 1.807) is 0 Å². The molecule has 132 valence electrons. The number of carboxylic acids is 1. The lowest BCUT2D eigenvalue weighted by Crippen LogP contribution is -2.30. The standard InChI is InChI=1S/C19H16FN3O3/c20-12-6-13(17-16(7-12)21-10-22-17)18(24)23-8-14(15(9-23)19(25)26)11-4-2-1-3-5-11/h1-7,10,14-15H,8-9H2,(H,21,22)(H,25,26)/t14-,15+/m0/s1. The van der Waals surface area contributed by atoms with Gasteiger partial charge in [0.1, 0.15) is 11.3 Å². The van der Waals surface area contributed by atoms with Crippen molar-refractivity contribution >= 4 is 22.9 Å². The largest absolute Gasteiger partial charge is 0.481 e. The van der Waals surface area contributed by atoms with E-state index in [0.29, 0.717) is 11.0 Å². The van der Waals surface area contributed by atoms with Crippen molar-refractivity contribution in [2.75, 3.05) is 13.1 Å². The molecule has 2 atom stereocenters. The predicted molar refractivity (Wildman–Crippen MR) is 92.3 cm³/mol. The highest BCUT2D eigenvalue weighted by molar-refractivity contribution is 6.05. The SMILES string of the molecule is O=C(O)[C@@H]1CN(C(=O)c2cc(F)cc3[nH]cnc23)C[C@H]1c1ccccc1. The molecule has 1 amide bonds. The molecule has 1 aliphatic rings. The summed E-state index contributed by atoms with van der Waals surface area (Å²) in [7, 11) is 0. The number of carbonyl (C=O) groups is 2. The number of nitrogens with one attached hydrogen (secondary N) is 1. The predicted octanol–water partition coefficient (Wildman–Crippen LogP) is 2.64. The van der Waals surface area contributed by atoms with Gasteiger partial charge in [-0.1, -0.05) is 30.3 Å². The Balaban J connectivity index is 1.68. The molecule has 2 aromatic carbocycles. The number of benzene rings is 2. The van der Waals surface area contributed by atoms with Gasteiger partial charge in [0.15, 0.2) is 0 Å². The van der Waals surface area contributed by atoms with Crippen molar-refractivity contribution in [3.05, 3.63) is 65.7 Å². The number of rotatable bonds is 3. The first kappa shape index (κ1) is 16.3. The number of fused-ring (bicyclic) bond motifs is 1. The second-order valence-electron chi connectivity index (χ2n) is 6.42. The molecule has 6 nitrogen and oxygen atoms in total. The molecule has 1 saturated heterocycles. The summed E-state index contributed by atoms with van der Waals surface area (Å²) in [5.74, 6) is -2.91. The molecular weight excluding hydrogens is 337 g/mol. The van der Waals surface area contributed by atoms with Crippen LogP contribution in [0.15, 0.2) is 48.8 Å². The molecule has 7 heteroatoms. The Morgan fingerprint density at radius 3 is 2.69 bits per heavy atom. The van der Waals surface area contributed by atoms with Crippen molar-refractivity contribution in [3.63, 3.8) is 0 Å². The summed E-state index contributed by atoms with van der Waals surface area (Å²) < 4.78 is 13.9. The van der Waals surface area contributed by atoms with E-state index in [1.807, 2.05) is 30.3 Å². The molecule has 3 aromatic rings. The summed E-state index contributed by atoms with van der Waals surface area (Å²) in [5, 5.41) is 9.58. The highest BCUT2D eigenvalue weighted by Gasteiger charge is 2.41. The van der Waals surface area contributed by atoms with Crippen LogP contribution in [0.25, 0.3) is 11.0 Å². The zero-order valence-electron chi connectivity index (χ0n) is 13.7. The Labute approximate surface area is 148 Å². The number of aromatic nitrogens is 2. The smallest absolute Gasteiger partial charge is 0.308 e.